The molecule has 0 aliphatic heterocycles. The third-order valence-corrected chi connectivity index (χ3v) is 5.40. The quantitative estimate of drug-likeness (QED) is 0.287. The first-order valence-corrected chi connectivity index (χ1v) is 11.4. The molecule has 4 atom stereocenters. The number of hydrogen-bond donors (Lipinski definition) is 4. The highest BCUT2D eigenvalue weighted by molar-refractivity contribution is 5.93. The second kappa shape index (κ2) is 16.1. The summed E-state index contributed by atoms with van der Waals surface area (Å²) >= 11 is 0. The molecule has 1 rings (SSSR count). The van der Waals surface area contributed by atoms with Gasteiger partial charge in [-0.3, -0.25) is 19.2 Å². The Labute approximate surface area is 208 Å². The predicted molar refractivity (Wildman–Crippen MR) is 133 cm³/mol. The Bertz CT molecular complexity index is 791. The summed E-state index contributed by atoms with van der Waals surface area (Å²) in [6, 6.07) is 6.50. The molecule has 1 aromatic rings. The average molecular weight is 499 g/mol. The number of nitrogens with two attached hydrogens (primary N) is 2. The van der Waals surface area contributed by atoms with Gasteiger partial charge in [-0.2, -0.15) is 0 Å². The standard InChI is InChI=1S/C24H38N4O5.ClH/c1-5-16(4)21(28-23(31)18(25)13-15(2)3)24(32)27-19(22(26)30)11-12-20(29)33-14-17-9-7-6-8-10-17;/h6-10,15-16,18-19,21H,5,11-14,25H2,1-4H3,(H2,26,30)(H,27,32)(H,28,31);1H. The molecule has 0 fully saturated rings. The van der Waals surface area contributed by atoms with E-state index in [0.717, 1.165) is 5.56 Å². The van der Waals surface area contributed by atoms with Gasteiger partial charge >= 0.3 is 5.97 Å². The Morgan fingerprint density at radius 3 is 2.15 bits per heavy atom. The van der Waals surface area contributed by atoms with Crippen LogP contribution in [0.25, 0.3) is 0 Å². The molecule has 10 heteroatoms. The van der Waals surface area contributed by atoms with Gasteiger partial charge < -0.3 is 26.8 Å². The van der Waals surface area contributed by atoms with Gasteiger partial charge in [0.25, 0.3) is 0 Å². The zero-order chi connectivity index (χ0) is 25.0. The lowest BCUT2D eigenvalue weighted by Crippen LogP contribution is -2.57. The lowest BCUT2D eigenvalue weighted by atomic mass is 9.96. The van der Waals surface area contributed by atoms with Crippen LogP contribution >= 0.6 is 12.4 Å². The zero-order valence-electron chi connectivity index (χ0n) is 20.4. The number of carbonyl (C=O) groups excluding carboxylic acids is 4. The van der Waals surface area contributed by atoms with Crippen LogP contribution in [-0.4, -0.2) is 41.8 Å². The summed E-state index contributed by atoms with van der Waals surface area (Å²) in [7, 11) is 0. The summed E-state index contributed by atoms with van der Waals surface area (Å²) < 4.78 is 5.20. The predicted octanol–water partition coefficient (Wildman–Crippen LogP) is 1.81. The first-order valence-electron chi connectivity index (χ1n) is 11.4. The number of rotatable bonds is 14. The van der Waals surface area contributed by atoms with Crippen LogP contribution in [0.3, 0.4) is 0 Å². The van der Waals surface area contributed by atoms with Crippen LogP contribution < -0.4 is 22.1 Å². The minimum absolute atomic E-state index is 0. The second-order valence-electron chi connectivity index (χ2n) is 8.76. The van der Waals surface area contributed by atoms with Crippen molar-refractivity contribution in [1.29, 1.82) is 0 Å². The number of carbonyl (C=O) groups is 4. The number of nitrogens with one attached hydrogen (secondary N) is 2. The molecule has 0 bridgehead atoms. The molecule has 1 aromatic carbocycles. The van der Waals surface area contributed by atoms with Crippen LogP contribution in [0.15, 0.2) is 30.3 Å². The second-order valence-corrected chi connectivity index (χ2v) is 8.76. The number of hydrogen-bond acceptors (Lipinski definition) is 6. The molecule has 9 nitrogen and oxygen atoms in total. The van der Waals surface area contributed by atoms with Crippen LogP contribution in [0.4, 0.5) is 0 Å². The molecule has 0 aromatic heterocycles. The molecule has 0 aliphatic carbocycles. The molecule has 6 N–H and O–H groups in total. The van der Waals surface area contributed by atoms with Gasteiger partial charge in [-0.1, -0.05) is 64.4 Å². The molecule has 192 valence electrons. The van der Waals surface area contributed by atoms with E-state index >= 15 is 0 Å². The van der Waals surface area contributed by atoms with E-state index in [4.69, 9.17) is 16.2 Å². The summed E-state index contributed by atoms with van der Waals surface area (Å²) in [4.78, 5) is 49.3. The Hall–Kier alpha value is -2.65. The molecular formula is C24H39ClN4O5. The Morgan fingerprint density at radius 2 is 1.62 bits per heavy atom. The maximum atomic E-state index is 12.9. The van der Waals surface area contributed by atoms with Crippen LogP contribution in [0, 0.1) is 11.8 Å². The molecule has 0 radical (unpaired) electrons. The fourth-order valence-corrected chi connectivity index (χ4v) is 3.20. The third-order valence-electron chi connectivity index (χ3n) is 5.40. The van der Waals surface area contributed by atoms with Gasteiger partial charge in [0.2, 0.25) is 17.7 Å². The molecular weight excluding hydrogens is 460 g/mol. The fourth-order valence-electron chi connectivity index (χ4n) is 3.20. The van der Waals surface area contributed by atoms with E-state index in [-0.39, 0.29) is 43.7 Å². The van der Waals surface area contributed by atoms with Crippen molar-refractivity contribution in [2.75, 3.05) is 0 Å². The SMILES string of the molecule is CCC(C)C(NC(=O)C(N)CC(C)C)C(=O)NC(CCC(=O)OCc1ccccc1)C(N)=O.Cl. The van der Waals surface area contributed by atoms with Gasteiger partial charge in [-0.25, -0.2) is 0 Å². The van der Waals surface area contributed by atoms with Crippen LogP contribution in [-0.2, 0) is 30.5 Å². The number of esters is 1. The summed E-state index contributed by atoms with van der Waals surface area (Å²) in [5.74, 6) is -2.23. The lowest BCUT2D eigenvalue weighted by Gasteiger charge is -2.27. The van der Waals surface area contributed by atoms with E-state index in [9.17, 15) is 19.2 Å². The third kappa shape index (κ3) is 11.5. The lowest BCUT2D eigenvalue weighted by molar-refractivity contribution is -0.145. The maximum absolute atomic E-state index is 12.9. The molecule has 34 heavy (non-hydrogen) atoms. The Balaban J connectivity index is 0.0000109. The number of ether oxygens (including phenoxy) is 1. The van der Waals surface area contributed by atoms with Gasteiger partial charge in [-0.15, -0.1) is 12.4 Å². The van der Waals surface area contributed by atoms with Gasteiger partial charge in [0, 0.05) is 6.42 Å². The Kier molecular flexibility index (Phi) is 14.8. The van der Waals surface area contributed by atoms with Gasteiger partial charge in [0.1, 0.15) is 18.7 Å². The van der Waals surface area contributed by atoms with E-state index in [1.807, 2.05) is 58.0 Å². The van der Waals surface area contributed by atoms with Crippen LogP contribution in [0.2, 0.25) is 0 Å². The number of amides is 3. The largest absolute Gasteiger partial charge is 0.461 e. The minimum atomic E-state index is -1.07. The molecule has 4 unspecified atom stereocenters. The first kappa shape index (κ1) is 31.4. The molecule has 3 amide bonds. The summed E-state index contributed by atoms with van der Waals surface area (Å²) in [6.07, 6.45) is 0.990. The molecule has 0 heterocycles. The van der Waals surface area contributed by atoms with E-state index in [1.54, 1.807) is 0 Å². The van der Waals surface area contributed by atoms with Crippen molar-refractivity contribution in [3.8, 4) is 0 Å². The zero-order valence-corrected chi connectivity index (χ0v) is 21.2. The van der Waals surface area contributed by atoms with Crippen molar-refractivity contribution in [3.63, 3.8) is 0 Å². The average Bonchev–Trinajstić information content (AvgIpc) is 2.77. The van der Waals surface area contributed by atoms with Crippen molar-refractivity contribution in [3.05, 3.63) is 35.9 Å². The first-order chi connectivity index (χ1) is 15.5. The highest BCUT2D eigenvalue weighted by Crippen LogP contribution is 2.11. The maximum Gasteiger partial charge on any atom is 0.306 e. The summed E-state index contributed by atoms with van der Waals surface area (Å²) in [5, 5.41) is 5.27. The fraction of sp³-hybridized carbons (Fsp3) is 0.583. The van der Waals surface area contributed by atoms with Crippen LogP contribution in [0.1, 0.15) is 58.9 Å². The van der Waals surface area contributed by atoms with Gasteiger partial charge in [0.15, 0.2) is 0 Å². The molecule has 0 saturated carbocycles. The minimum Gasteiger partial charge on any atom is -0.461 e. The van der Waals surface area contributed by atoms with Gasteiger partial charge in [0.05, 0.1) is 6.04 Å². The Morgan fingerprint density at radius 1 is 1.00 bits per heavy atom. The topological polar surface area (TPSA) is 154 Å². The number of primary amides is 1. The monoisotopic (exact) mass is 498 g/mol. The summed E-state index contributed by atoms with van der Waals surface area (Å²) in [6.45, 7) is 7.73. The summed E-state index contributed by atoms with van der Waals surface area (Å²) in [5.41, 5.74) is 12.2. The van der Waals surface area contributed by atoms with Crippen molar-refractivity contribution in [1.82, 2.24) is 10.6 Å². The van der Waals surface area contributed by atoms with Crippen molar-refractivity contribution >= 4 is 36.1 Å². The molecule has 0 aliphatic rings. The van der Waals surface area contributed by atoms with Crippen molar-refractivity contribution in [2.24, 2.45) is 23.3 Å². The number of halogens is 1. The highest BCUT2D eigenvalue weighted by atomic mass is 35.5. The van der Waals surface area contributed by atoms with Crippen molar-refractivity contribution < 1.29 is 23.9 Å². The van der Waals surface area contributed by atoms with E-state index in [0.29, 0.717) is 12.8 Å². The molecule has 0 spiro atoms. The van der Waals surface area contributed by atoms with Crippen molar-refractivity contribution in [2.45, 2.75) is 78.1 Å². The van der Waals surface area contributed by atoms with E-state index < -0.39 is 41.8 Å². The number of benzene rings is 1. The van der Waals surface area contributed by atoms with Crippen LogP contribution in [0.5, 0.6) is 0 Å². The highest BCUT2D eigenvalue weighted by Gasteiger charge is 2.30. The smallest absolute Gasteiger partial charge is 0.306 e. The van der Waals surface area contributed by atoms with Gasteiger partial charge in [-0.05, 0) is 30.2 Å². The van der Waals surface area contributed by atoms with E-state index in [1.165, 1.54) is 0 Å². The molecule has 0 saturated heterocycles. The normalized spacial score (nSPS) is 14.2. The van der Waals surface area contributed by atoms with E-state index in [2.05, 4.69) is 10.6 Å².